The van der Waals surface area contributed by atoms with Gasteiger partial charge in [0.15, 0.2) is 5.16 Å². The Morgan fingerprint density at radius 2 is 2.07 bits per heavy atom. The van der Waals surface area contributed by atoms with Crippen LogP contribution in [0.3, 0.4) is 0 Å². The number of hydrogen-bond acceptors (Lipinski definition) is 5. The second kappa shape index (κ2) is 9.24. The van der Waals surface area contributed by atoms with Crippen molar-refractivity contribution in [2.45, 2.75) is 76.9 Å². The molecule has 148 valence electrons. The monoisotopic (exact) mass is 407 g/mol. The fraction of sp³-hybridized carbons (Fsp3) is 0.650. The number of aryl methyl sites for hydroxylation is 2. The first-order valence-electron chi connectivity index (χ1n) is 10.0. The van der Waals surface area contributed by atoms with Gasteiger partial charge in [-0.25, -0.2) is 4.98 Å². The van der Waals surface area contributed by atoms with Crippen molar-refractivity contribution >= 4 is 39.2 Å². The van der Waals surface area contributed by atoms with Gasteiger partial charge in [-0.1, -0.05) is 32.0 Å². The number of fused-ring (bicyclic) bond motifs is 3. The van der Waals surface area contributed by atoms with E-state index >= 15 is 0 Å². The predicted molar refractivity (Wildman–Crippen MR) is 114 cm³/mol. The van der Waals surface area contributed by atoms with E-state index in [2.05, 4.69) is 19.2 Å². The second-order valence-electron chi connectivity index (χ2n) is 7.21. The van der Waals surface area contributed by atoms with Crippen molar-refractivity contribution < 1.29 is 4.79 Å². The molecule has 7 heteroatoms. The van der Waals surface area contributed by atoms with Crippen molar-refractivity contribution in [3.05, 3.63) is 20.8 Å². The summed E-state index contributed by atoms with van der Waals surface area (Å²) in [5.41, 5.74) is 1.31. The molecule has 2 aromatic rings. The second-order valence-corrected chi connectivity index (χ2v) is 9.24. The van der Waals surface area contributed by atoms with Crippen LogP contribution in [0.4, 0.5) is 0 Å². The van der Waals surface area contributed by atoms with Crippen LogP contribution in [0.1, 0.15) is 69.4 Å². The molecule has 1 unspecified atom stereocenters. The van der Waals surface area contributed by atoms with Crippen LogP contribution in [0.2, 0.25) is 0 Å². The first-order chi connectivity index (χ1) is 13.1. The number of aromatic nitrogens is 2. The van der Waals surface area contributed by atoms with E-state index in [0.717, 1.165) is 42.3 Å². The molecule has 1 amide bonds. The number of thioether (sulfide) groups is 1. The average molecular weight is 408 g/mol. The summed E-state index contributed by atoms with van der Waals surface area (Å²) in [5.74, 6) is 0.285. The number of carbonyl (C=O) groups is 1. The van der Waals surface area contributed by atoms with Crippen LogP contribution in [0.15, 0.2) is 9.95 Å². The van der Waals surface area contributed by atoms with Gasteiger partial charge < -0.3 is 5.32 Å². The van der Waals surface area contributed by atoms with Gasteiger partial charge in [-0.05, 0) is 51.0 Å². The third-order valence-electron chi connectivity index (χ3n) is 5.17. The van der Waals surface area contributed by atoms with E-state index in [1.807, 2.05) is 11.5 Å². The number of nitrogens with zero attached hydrogens (tertiary/aromatic N) is 2. The molecule has 1 aliphatic carbocycles. The molecule has 1 N–H and O–H groups in total. The molecule has 3 rings (SSSR count). The van der Waals surface area contributed by atoms with Crippen LogP contribution < -0.4 is 10.9 Å². The van der Waals surface area contributed by atoms with Crippen molar-refractivity contribution in [3.8, 4) is 0 Å². The Hall–Kier alpha value is -1.34. The van der Waals surface area contributed by atoms with E-state index in [4.69, 9.17) is 4.98 Å². The number of thiophene rings is 1. The zero-order valence-electron chi connectivity index (χ0n) is 16.5. The molecule has 1 aliphatic rings. The number of carbonyl (C=O) groups excluding carboxylic acids is 1. The number of amides is 1. The van der Waals surface area contributed by atoms with E-state index < -0.39 is 0 Å². The Bertz CT molecular complexity index is 872. The maximum Gasteiger partial charge on any atom is 0.263 e. The molecule has 0 saturated carbocycles. The normalized spacial score (nSPS) is 15.4. The first kappa shape index (κ1) is 20.4. The molecule has 2 aromatic heterocycles. The summed E-state index contributed by atoms with van der Waals surface area (Å²) in [6.07, 6.45) is 7.39. The van der Waals surface area contributed by atoms with Gasteiger partial charge in [-0.2, -0.15) is 0 Å². The number of nitrogens with one attached hydrogen (secondary N) is 1. The van der Waals surface area contributed by atoms with Gasteiger partial charge in [0.1, 0.15) is 4.83 Å². The molecule has 0 aromatic carbocycles. The van der Waals surface area contributed by atoms with Crippen LogP contribution in [0.25, 0.3) is 10.2 Å². The lowest BCUT2D eigenvalue weighted by molar-refractivity contribution is -0.118. The van der Waals surface area contributed by atoms with Crippen molar-refractivity contribution in [1.82, 2.24) is 14.9 Å². The topological polar surface area (TPSA) is 64.0 Å². The summed E-state index contributed by atoms with van der Waals surface area (Å²) in [6.45, 7) is 6.85. The van der Waals surface area contributed by atoms with Gasteiger partial charge in [0.2, 0.25) is 5.91 Å². The number of rotatable bonds is 7. The van der Waals surface area contributed by atoms with E-state index in [9.17, 15) is 9.59 Å². The van der Waals surface area contributed by atoms with Gasteiger partial charge in [-0.3, -0.25) is 14.2 Å². The summed E-state index contributed by atoms with van der Waals surface area (Å²) in [7, 11) is 0. The zero-order valence-corrected chi connectivity index (χ0v) is 18.1. The first-order valence-corrected chi connectivity index (χ1v) is 11.8. The minimum absolute atomic E-state index is 0.00569. The van der Waals surface area contributed by atoms with Crippen LogP contribution >= 0.6 is 23.1 Å². The summed E-state index contributed by atoms with van der Waals surface area (Å²) < 4.78 is 1.82. The van der Waals surface area contributed by atoms with Gasteiger partial charge in [0.25, 0.3) is 5.56 Å². The third kappa shape index (κ3) is 4.40. The summed E-state index contributed by atoms with van der Waals surface area (Å²) in [5, 5.41) is 4.39. The lowest BCUT2D eigenvalue weighted by Crippen LogP contribution is -2.28. The fourth-order valence-electron chi connectivity index (χ4n) is 3.49. The molecule has 27 heavy (non-hydrogen) atoms. The SMILES string of the molecule is CCCNC(=O)CSc1nc2sc3c(c2c(=O)n1C(C)CC)CCCCC3. The molecule has 0 fully saturated rings. The third-order valence-corrected chi connectivity index (χ3v) is 7.31. The lowest BCUT2D eigenvalue weighted by atomic mass is 10.1. The predicted octanol–water partition coefficient (Wildman–Crippen LogP) is 4.32. The standard InChI is InChI=1S/C20H29N3O2S2/c1-4-11-21-16(24)12-26-20-22-18-17(19(25)23(20)13(3)5-2)14-9-7-6-8-10-15(14)27-18/h13H,4-12H2,1-3H3,(H,21,24). The summed E-state index contributed by atoms with van der Waals surface area (Å²) in [6, 6.07) is 0.0666. The Kier molecular flexibility index (Phi) is 6.98. The van der Waals surface area contributed by atoms with Crippen LogP contribution in [-0.4, -0.2) is 27.8 Å². The highest BCUT2D eigenvalue weighted by atomic mass is 32.2. The number of hydrogen-bond donors (Lipinski definition) is 1. The summed E-state index contributed by atoms with van der Waals surface area (Å²) >= 11 is 3.05. The molecule has 0 aliphatic heterocycles. The molecule has 5 nitrogen and oxygen atoms in total. The van der Waals surface area contributed by atoms with E-state index in [-0.39, 0.29) is 17.5 Å². The zero-order chi connectivity index (χ0) is 19.4. The Balaban J connectivity index is 2.02. The van der Waals surface area contributed by atoms with Gasteiger partial charge in [0, 0.05) is 17.5 Å². The molecule has 0 bridgehead atoms. The van der Waals surface area contributed by atoms with Gasteiger partial charge >= 0.3 is 0 Å². The minimum Gasteiger partial charge on any atom is -0.355 e. The Labute approximate surface area is 169 Å². The highest BCUT2D eigenvalue weighted by molar-refractivity contribution is 7.99. The molecule has 1 atom stereocenters. The van der Waals surface area contributed by atoms with Crippen molar-refractivity contribution in [1.29, 1.82) is 0 Å². The highest BCUT2D eigenvalue weighted by Crippen LogP contribution is 2.34. The van der Waals surface area contributed by atoms with Gasteiger partial charge in [0.05, 0.1) is 11.1 Å². The van der Waals surface area contributed by atoms with Gasteiger partial charge in [-0.15, -0.1) is 11.3 Å². The Morgan fingerprint density at radius 3 is 2.81 bits per heavy atom. The molecular weight excluding hydrogens is 378 g/mol. The van der Waals surface area contributed by atoms with Crippen molar-refractivity contribution in [3.63, 3.8) is 0 Å². The fourth-order valence-corrected chi connectivity index (χ4v) is 5.72. The van der Waals surface area contributed by atoms with E-state index in [1.165, 1.54) is 35.0 Å². The minimum atomic E-state index is -0.00569. The van der Waals surface area contributed by atoms with Crippen molar-refractivity contribution in [2.75, 3.05) is 12.3 Å². The Morgan fingerprint density at radius 1 is 1.30 bits per heavy atom. The van der Waals surface area contributed by atoms with Crippen LogP contribution in [0.5, 0.6) is 0 Å². The molecule has 2 heterocycles. The maximum atomic E-state index is 13.4. The quantitative estimate of drug-likeness (QED) is 0.422. The highest BCUT2D eigenvalue weighted by Gasteiger charge is 2.23. The van der Waals surface area contributed by atoms with Crippen LogP contribution in [-0.2, 0) is 17.6 Å². The average Bonchev–Trinajstić information content (AvgIpc) is 2.85. The lowest BCUT2D eigenvalue weighted by Gasteiger charge is -2.17. The smallest absolute Gasteiger partial charge is 0.263 e. The van der Waals surface area contributed by atoms with Crippen molar-refractivity contribution in [2.24, 2.45) is 0 Å². The van der Waals surface area contributed by atoms with E-state index in [0.29, 0.717) is 17.5 Å². The largest absolute Gasteiger partial charge is 0.355 e. The molecule has 0 spiro atoms. The van der Waals surface area contributed by atoms with Crippen LogP contribution in [0, 0.1) is 0 Å². The van der Waals surface area contributed by atoms with E-state index in [1.54, 1.807) is 11.3 Å². The maximum absolute atomic E-state index is 13.4. The molecule has 0 radical (unpaired) electrons. The molecular formula is C20H29N3O2S2. The molecule has 0 saturated heterocycles. The summed E-state index contributed by atoms with van der Waals surface area (Å²) in [4.78, 5) is 32.5.